The van der Waals surface area contributed by atoms with Gasteiger partial charge in [-0.1, -0.05) is 48.5 Å². The van der Waals surface area contributed by atoms with Crippen LogP contribution >= 0.6 is 0 Å². The van der Waals surface area contributed by atoms with Gasteiger partial charge < -0.3 is 19.7 Å². The maximum absolute atomic E-state index is 14.1. The van der Waals surface area contributed by atoms with Crippen molar-refractivity contribution in [1.82, 2.24) is 10.2 Å². The highest BCUT2D eigenvalue weighted by Gasteiger charge is 2.33. The van der Waals surface area contributed by atoms with Crippen molar-refractivity contribution >= 4 is 27.5 Å². The van der Waals surface area contributed by atoms with Crippen LogP contribution in [-0.2, 0) is 32.6 Å². The summed E-state index contributed by atoms with van der Waals surface area (Å²) in [5.74, 6) is 0.189. The summed E-state index contributed by atoms with van der Waals surface area (Å²) in [6.45, 7) is 3.25. The number of nitrogens with zero attached hydrogens (tertiary/aromatic N) is 2. The lowest BCUT2D eigenvalue weighted by Crippen LogP contribution is -2.54. The van der Waals surface area contributed by atoms with Crippen molar-refractivity contribution in [2.75, 3.05) is 31.3 Å². The Morgan fingerprint density at radius 3 is 2.05 bits per heavy atom. The molecular formula is C30H37N3O6S. The Kier molecular flexibility index (Phi) is 10.6. The highest BCUT2D eigenvalue weighted by Crippen LogP contribution is 2.24. The number of anilines is 1. The average Bonchev–Trinajstić information content (AvgIpc) is 2.93. The lowest BCUT2D eigenvalue weighted by Gasteiger charge is -2.34. The Labute approximate surface area is 236 Å². The summed E-state index contributed by atoms with van der Waals surface area (Å²) in [7, 11) is -0.841. The molecule has 3 aromatic carbocycles. The van der Waals surface area contributed by atoms with E-state index in [1.807, 2.05) is 50.2 Å². The van der Waals surface area contributed by atoms with Gasteiger partial charge in [0.05, 0.1) is 26.2 Å². The molecule has 0 aromatic heterocycles. The van der Waals surface area contributed by atoms with Crippen molar-refractivity contribution in [2.24, 2.45) is 0 Å². The highest BCUT2D eigenvalue weighted by molar-refractivity contribution is 7.92. The predicted molar refractivity (Wildman–Crippen MR) is 156 cm³/mol. The second kappa shape index (κ2) is 13.8. The van der Waals surface area contributed by atoms with Gasteiger partial charge in [-0.3, -0.25) is 13.9 Å². The molecule has 9 nitrogen and oxygen atoms in total. The molecule has 3 aromatic rings. The van der Waals surface area contributed by atoms with Gasteiger partial charge >= 0.3 is 0 Å². The molecule has 0 heterocycles. The zero-order chi connectivity index (χ0) is 29.3. The van der Waals surface area contributed by atoms with Gasteiger partial charge in [0.2, 0.25) is 21.8 Å². The number of benzene rings is 3. The molecule has 0 bridgehead atoms. The molecule has 1 atom stereocenters. The van der Waals surface area contributed by atoms with E-state index in [9.17, 15) is 18.0 Å². The molecule has 2 amide bonds. The number of amides is 2. The van der Waals surface area contributed by atoms with E-state index in [2.05, 4.69) is 5.32 Å². The molecule has 0 saturated carbocycles. The monoisotopic (exact) mass is 567 g/mol. The summed E-state index contributed by atoms with van der Waals surface area (Å²) in [5, 5.41) is 2.93. The van der Waals surface area contributed by atoms with Crippen molar-refractivity contribution in [2.45, 2.75) is 38.9 Å². The number of hydrogen-bond donors (Lipinski definition) is 1. The second-order valence-corrected chi connectivity index (χ2v) is 11.6. The van der Waals surface area contributed by atoms with E-state index in [0.29, 0.717) is 11.5 Å². The Bertz CT molecular complexity index is 1400. The van der Waals surface area contributed by atoms with Crippen LogP contribution in [0.5, 0.6) is 11.5 Å². The lowest BCUT2D eigenvalue weighted by molar-refractivity contribution is -0.140. The van der Waals surface area contributed by atoms with E-state index < -0.39 is 28.5 Å². The first-order chi connectivity index (χ1) is 19.0. The molecule has 40 heavy (non-hydrogen) atoms. The van der Waals surface area contributed by atoms with Crippen LogP contribution in [0.1, 0.15) is 25.0 Å². The third kappa shape index (κ3) is 8.47. The predicted octanol–water partition coefficient (Wildman–Crippen LogP) is 3.63. The summed E-state index contributed by atoms with van der Waals surface area (Å²) in [5.41, 5.74) is 1.88. The Morgan fingerprint density at radius 2 is 1.45 bits per heavy atom. The SMILES string of the molecule is COc1cccc(CN(C(=O)CN(c2cccc(OC)c2)S(C)(=O)=O)C(Cc2ccccc2)C(=O)NC(C)C)c1. The fraction of sp³-hybridized carbons (Fsp3) is 0.333. The summed E-state index contributed by atoms with van der Waals surface area (Å²) in [6, 6.07) is 22.0. The van der Waals surface area contributed by atoms with Gasteiger partial charge in [0.1, 0.15) is 24.1 Å². The molecule has 0 aliphatic heterocycles. The zero-order valence-electron chi connectivity index (χ0n) is 23.5. The molecule has 1 unspecified atom stereocenters. The third-order valence-corrected chi connectivity index (χ3v) is 7.35. The summed E-state index contributed by atoms with van der Waals surface area (Å²) >= 11 is 0. The minimum Gasteiger partial charge on any atom is -0.497 e. The molecular weight excluding hydrogens is 530 g/mol. The van der Waals surface area contributed by atoms with Gasteiger partial charge in [-0.25, -0.2) is 8.42 Å². The van der Waals surface area contributed by atoms with E-state index >= 15 is 0 Å². The molecule has 214 valence electrons. The third-order valence-electron chi connectivity index (χ3n) is 6.21. The molecule has 3 rings (SSSR count). The maximum Gasteiger partial charge on any atom is 0.244 e. The lowest BCUT2D eigenvalue weighted by atomic mass is 10.0. The first kappa shape index (κ1) is 30.5. The van der Waals surface area contributed by atoms with Gasteiger partial charge in [-0.05, 0) is 49.2 Å². The molecule has 0 radical (unpaired) electrons. The maximum atomic E-state index is 14.1. The average molecular weight is 568 g/mol. The Morgan fingerprint density at radius 1 is 0.850 bits per heavy atom. The number of carbonyl (C=O) groups excluding carboxylic acids is 2. The smallest absolute Gasteiger partial charge is 0.244 e. The van der Waals surface area contributed by atoms with Crippen LogP contribution in [0.2, 0.25) is 0 Å². The number of rotatable bonds is 13. The van der Waals surface area contributed by atoms with Crippen molar-refractivity contribution < 1.29 is 27.5 Å². The van der Waals surface area contributed by atoms with Crippen LogP contribution in [0, 0.1) is 0 Å². The minimum atomic E-state index is -3.87. The van der Waals surface area contributed by atoms with Crippen LogP contribution in [0.15, 0.2) is 78.9 Å². The first-order valence-corrected chi connectivity index (χ1v) is 14.7. The molecule has 1 N–H and O–H groups in total. The van der Waals surface area contributed by atoms with E-state index in [1.54, 1.807) is 49.6 Å². The summed E-state index contributed by atoms with van der Waals surface area (Å²) in [6.07, 6.45) is 1.28. The van der Waals surface area contributed by atoms with Crippen molar-refractivity contribution in [3.63, 3.8) is 0 Å². The Hall–Kier alpha value is -4.05. The number of nitrogens with one attached hydrogen (secondary N) is 1. The van der Waals surface area contributed by atoms with Crippen LogP contribution in [0.25, 0.3) is 0 Å². The van der Waals surface area contributed by atoms with Crippen LogP contribution in [0.3, 0.4) is 0 Å². The fourth-order valence-corrected chi connectivity index (χ4v) is 5.12. The standard InChI is InChI=1S/C30H37N3O6S/c1-22(2)31-30(35)28(18-23-11-7-6-8-12-23)32(20-24-13-9-15-26(17-24)38-3)29(34)21-33(40(5,36)37)25-14-10-16-27(19-25)39-4/h6-17,19,22,28H,18,20-21H2,1-5H3,(H,31,35). The molecule has 0 saturated heterocycles. The van der Waals surface area contributed by atoms with Crippen LogP contribution in [0.4, 0.5) is 5.69 Å². The molecule has 0 aliphatic rings. The quantitative estimate of drug-likeness (QED) is 0.338. The van der Waals surface area contributed by atoms with Gasteiger partial charge in [-0.2, -0.15) is 0 Å². The number of ether oxygens (including phenoxy) is 2. The van der Waals surface area contributed by atoms with Crippen molar-refractivity contribution in [3.05, 3.63) is 90.0 Å². The van der Waals surface area contributed by atoms with E-state index in [1.165, 1.54) is 12.0 Å². The topological polar surface area (TPSA) is 105 Å². The van der Waals surface area contributed by atoms with Gasteiger partial charge in [-0.15, -0.1) is 0 Å². The molecule has 0 fully saturated rings. The van der Waals surface area contributed by atoms with Crippen LogP contribution in [-0.4, -0.2) is 64.2 Å². The first-order valence-electron chi connectivity index (χ1n) is 12.9. The van der Waals surface area contributed by atoms with Crippen molar-refractivity contribution in [3.8, 4) is 11.5 Å². The largest absolute Gasteiger partial charge is 0.497 e. The summed E-state index contributed by atoms with van der Waals surface area (Å²) in [4.78, 5) is 29.1. The van der Waals surface area contributed by atoms with E-state index in [-0.39, 0.29) is 30.6 Å². The molecule has 10 heteroatoms. The van der Waals surface area contributed by atoms with E-state index in [0.717, 1.165) is 21.7 Å². The highest BCUT2D eigenvalue weighted by atomic mass is 32.2. The van der Waals surface area contributed by atoms with E-state index in [4.69, 9.17) is 9.47 Å². The van der Waals surface area contributed by atoms with Gasteiger partial charge in [0.25, 0.3) is 0 Å². The van der Waals surface area contributed by atoms with Crippen molar-refractivity contribution in [1.29, 1.82) is 0 Å². The number of hydrogen-bond acceptors (Lipinski definition) is 6. The number of carbonyl (C=O) groups is 2. The number of sulfonamides is 1. The minimum absolute atomic E-state index is 0.0642. The normalized spacial score (nSPS) is 11.9. The molecule has 0 aliphatic carbocycles. The Balaban J connectivity index is 2.07. The summed E-state index contributed by atoms with van der Waals surface area (Å²) < 4.78 is 37.4. The number of methoxy groups -OCH3 is 2. The van der Waals surface area contributed by atoms with Crippen LogP contribution < -0.4 is 19.1 Å². The fourth-order valence-electron chi connectivity index (χ4n) is 4.28. The van der Waals surface area contributed by atoms with Gasteiger partial charge in [0.15, 0.2) is 0 Å². The second-order valence-electron chi connectivity index (χ2n) is 9.71. The zero-order valence-corrected chi connectivity index (χ0v) is 24.4. The molecule has 0 spiro atoms. The van der Waals surface area contributed by atoms with Gasteiger partial charge in [0, 0.05) is 25.1 Å².